The first-order valence-electron chi connectivity index (χ1n) is 8.53. The van der Waals surface area contributed by atoms with Gasteiger partial charge in [0.05, 0.1) is 0 Å². The number of nitrogens with zero attached hydrogens (tertiary/aromatic N) is 1. The minimum Gasteiger partial charge on any atom is -0.480 e. The van der Waals surface area contributed by atoms with Crippen LogP contribution in [0, 0.1) is 0 Å². The molecule has 2 aromatic rings. The summed E-state index contributed by atoms with van der Waals surface area (Å²) in [5.74, 6) is -1.06. The molecule has 1 aliphatic heterocycles. The predicted molar refractivity (Wildman–Crippen MR) is 96.2 cm³/mol. The van der Waals surface area contributed by atoms with Crippen LogP contribution in [-0.2, 0) is 28.0 Å². The first-order chi connectivity index (χ1) is 11.9. The van der Waals surface area contributed by atoms with Crippen molar-refractivity contribution in [2.45, 2.75) is 44.7 Å². The molecule has 0 saturated heterocycles. The monoisotopic (exact) mass is 337 g/mol. The van der Waals surface area contributed by atoms with E-state index in [1.807, 2.05) is 68.4 Å². The molecule has 2 aromatic carbocycles. The van der Waals surface area contributed by atoms with E-state index >= 15 is 0 Å². The Hall–Kier alpha value is -2.62. The lowest BCUT2D eigenvalue weighted by Crippen LogP contribution is -2.49. The number of benzene rings is 2. The highest BCUT2D eigenvalue weighted by Gasteiger charge is 2.36. The zero-order valence-electron chi connectivity index (χ0n) is 14.6. The van der Waals surface area contributed by atoms with E-state index < -0.39 is 12.0 Å². The lowest BCUT2D eigenvalue weighted by molar-refractivity contribution is -0.151. The number of carboxylic acid groups (broad SMARTS) is 1. The van der Waals surface area contributed by atoms with Gasteiger partial charge in [0.15, 0.2) is 0 Å². The smallest absolute Gasteiger partial charge is 0.326 e. The molecule has 1 N–H and O–H groups in total. The molecule has 0 radical (unpaired) electrons. The Morgan fingerprint density at radius 3 is 2.28 bits per heavy atom. The number of rotatable bonds is 4. The SMILES string of the molecule is CC(C)(CC(=O)N1Cc2ccccc2CC1C(=O)O)c1ccccc1. The highest BCUT2D eigenvalue weighted by atomic mass is 16.4. The summed E-state index contributed by atoms with van der Waals surface area (Å²) in [6.07, 6.45) is 0.645. The molecule has 1 atom stereocenters. The number of carbonyl (C=O) groups excluding carboxylic acids is 1. The van der Waals surface area contributed by atoms with Crippen LogP contribution in [0.1, 0.15) is 37.0 Å². The van der Waals surface area contributed by atoms with Crippen LogP contribution in [0.25, 0.3) is 0 Å². The van der Waals surface area contributed by atoms with Crippen LogP contribution in [0.4, 0.5) is 0 Å². The van der Waals surface area contributed by atoms with Crippen molar-refractivity contribution in [2.75, 3.05) is 0 Å². The first-order valence-corrected chi connectivity index (χ1v) is 8.53. The molecule has 1 unspecified atom stereocenters. The number of hydrogen-bond donors (Lipinski definition) is 1. The van der Waals surface area contributed by atoms with Crippen LogP contribution in [0.2, 0.25) is 0 Å². The van der Waals surface area contributed by atoms with Crippen molar-refractivity contribution in [1.29, 1.82) is 0 Å². The normalized spacial score (nSPS) is 17.0. The summed E-state index contributed by atoms with van der Waals surface area (Å²) in [4.78, 5) is 26.2. The molecule has 0 saturated carbocycles. The van der Waals surface area contributed by atoms with Gasteiger partial charge in [-0.25, -0.2) is 4.79 Å². The van der Waals surface area contributed by atoms with Gasteiger partial charge < -0.3 is 10.0 Å². The van der Waals surface area contributed by atoms with Crippen LogP contribution in [0.3, 0.4) is 0 Å². The molecule has 0 aliphatic carbocycles. The fourth-order valence-electron chi connectivity index (χ4n) is 3.48. The van der Waals surface area contributed by atoms with E-state index in [9.17, 15) is 14.7 Å². The van der Waals surface area contributed by atoms with Crippen LogP contribution in [-0.4, -0.2) is 27.9 Å². The molecular formula is C21H23NO3. The van der Waals surface area contributed by atoms with Crippen molar-refractivity contribution >= 4 is 11.9 Å². The van der Waals surface area contributed by atoms with E-state index in [-0.39, 0.29) is 17.7 Å². The molecule has 4 nitrogen and oxygen atoms in total. The molecule has 1 heterocycles. The highest BCUT2D eigenvalue weighted by molar-refractivity contribution is 5.85. The quantitative estimate of drug-likeness (QED) is 0.930. The summed E-state index contributed by atoms with van der Waals surface area (Å²) >= 11 is 0. The van der Waals surface area contributed by atoms with Crippen molar-refractivity contribution in [3.05, 3.63) is 71.3 Å². The average molecular weight is 337 g/mol. The molecule has 0 bridgehead atoms. The highest BCUT2D eigenvalue weighted by Crippen LogP contribution is 2.30. The fraction of sp³-hybridized carbons (Fsp3) is 0.333. The van der Waals surface area contributed by atoms with Crippen LogP contribution in [0.5, 0.6) is 0 Å². The van der Waals surface area contributed by atoms with Gasteiger partial charge in [-0.2, -0.15) is 0 Å². The van der Waals surface area contributed by atoms with Crippen LogP contribution < -0.4 is 0 Å². The van der Waals surface area contributed by atoms with Gasteiger partial charge in [0, 0.05) is 19.4 Å². The number of amides is 1. The van der Waals surface area contributed by atoms with Crippen molar-refractivity contribution in [3.8, 4) is 0 Å². The molecule has 4 heteroatoms. The van der Waals surface area contributed by atoms with E-state index in [1.165, 1.54) is 4.90 Å². The lowest BCUT2D eigenvalue weighted by Gasteiger charge is -2.36. The van der Waals surface area contributed by atoms with Gasteiger partial charge >= 0.3 is 5.97 Å². The Morgan fingerprint density at radius 1 is 1.04 bits per heavy atom. The zero-order valence-corrected chi connectivity index (χ0v) is 14.6. The minimum atomic E-state index is -0.944. The maximum absolute atomic E-state index is 13.0. The Morgan fingerprint density at radius 2 is 1.64 bits per heavy atom. The molecule has 0 fully saturated rings. The maximum atomic E-state index is 13.0. The standard InChI is InChI=1S/C21H23NO3/c1-21(2,17-10-4-3-5-11-17)13-19(23)22-14-16-9-7-6-8-15(16)12-18(22)20(24)25/h3-11,18H,12-14H2,1-2H3,(H,24,25). The summed E-state index contributed by atoms with van der Waals surface area (Å²) in [7, 11) is 0. The molecular weight excluding hydrogens is 314 g/mol. The van der Waals surface area contributed by atoms with Gasteiger partial charge in [-0.3, -0.25) is 4.79 Å². The van der Waals surface area contributed by atoms with Gasteiger partial charge in [0.25, 0.3) is 0 Å². The largest absolute Gasteiger partial charge is 0.480 e. The summed E-state index contributed by atoms with van der Waals surface area (Å²) < 4.78 is 0. The number of aliphatic carboxylic acids is 1. The summed E-state index contributed by atoms with van der Waals surface area (Å²) in [6, 6.07) is 16.8. The summed E-state index contributed by atoms with van der Waals surface area (Å²) in [5, 5.41) is 9.60. The molecule has 3 rings (SSSR count). The lowest BCUT2D eigenvalue weighted by atomic mass is 9.80. The van der Waals surface area contributed by atoms with Gasteiger partial charge in [0.1, 0.15) is 6.04 Å². The van der Waals surface area contributed by atoms with Crippen molar-refractivity contribution < 1.29 is 14.7 Å². The van der Waals surface area contributed by atoms with Crippen molar-refractivity contribution in [2.24, 2.45) is 0 Å². The zero-order chi connectivity index (χ0) is 18.0. The summed E-state index contributed by atoms with van der Waals surface area (Å²) in [6.45, 7) is 4.40. The van der Waals surface area contributed by atoms with Crippen LogP contribution in [0.15, 0.2) is 54.6 Å². The van der Waals surface area contributed by atoms with Gasteiger partial charge in [-0.05, 0) is 22.1 Å². The summed E-state index contributed by atoms with van der Waals surface area (Å²) in [5.41, 5.74) is 2.78. The average Bonchev–Trinajstić information content (AvgIpc) is 2.61. The molecule has 0 spiro atoms. The van der Waals surface area contributed by atoms with E-state index in [0.717, 1.165) is 16.7 Å². The van der Waals surface area contributed by atoms with Gasteiger partial charge in [-0.15, -0.1) is 0 Å². The number of hydrogen-bond acceptors (Lipinski definition) is 2. The molecule has 0 aromatic heterocycles. The molecule has 25 heavy (non-hydrogen) atoms. The Labute approximate surface area is 148 Å². The molecule has 130 valence electrons. The topological polar surface area (TPSA) is 57.6 Å². The minimum absolute atomic E-state index is 0.115. The third-order valence-corrected chi connectivity index (χ3v) is 5.00. The van der Waals surface area contributed by atoms with Crippen LogP contribution >= 0.6 is 0 Å². The van der Waals surface area contributed by atoms with E-state index in [4.69, 9.17) is 0 Å². The number of fused-ring (bicyclic) bond motifs is 1. The molecule has 1 aliphatic rings. The van der Waals surface area contributed by atoms with Crippen molar-refractivity contribution in [1.82, 2.24) is 4.90 Å². The maximum Gasteiger partial charge on any atom is 0.326 e. The third-order valence-electron chi connectivity index (χ3n) is 5.00. The number of carbonyl (C=O) groups is 2. The second kappa shape index (κ2) is 6.71. The van der Waals surface area contributed by atoms with Gasteiger partial charge in [0.2, 0.25) is 5.91 Å². The van der Waals surface area contributed by atoms with E-state index in [1.54, 1.807) is 0 Å². The Kier molecular flexibility index (Phi) is 4.62. The van der Waals surface area contributed by atoms with E-state index in [0.29, 0.717) is 13.0 Å². The molecule has 1 amide bonds. The third kappa shape index (κ3) is 3.58. The Balaban J connectivity index is 1.84. The van der Waals surface area contributed by atoms with Crippen molar-refractivity contribution in [3.63, 3.8) is 0 Å². The van der Waals surface area contributed by atoms with E-state index in [2.05, 4.69) is 0 Å². The Bertz CT molecular complexity index is 783. The number of carboxylic acids is 1. The first kappa shape index (κ1) is 17.2. The second-order valence-corrected chi connectivity index (χ2v) is 7.28. The fourth-order valence-corrected chi connectivity index (χ4v) is 3.48. The second-order valence-electron chi connectivity index (χ2n) is 7.28. The van der Waals surface area contributed by atoms with Gasteiger partial charge in [-0.1, -0.05) is 68.4 Å². The predicted octanol–water partition coefficient (Wildman–Crippen LogP) is 3.39.